The topological polar surface area (TPSA) is 40.7 Å². The van der Waals surface area contributed by atoms with E-state index >= 15 is 0 Å². The average molecular weight is 215 g/mol. The Morgan fingerprint density at radius 2 is 2.00 bits per heavy atom. The van der Waals surface area contributed by atoms with E-state index in [-0.39, 0.29) is 0 Å². The van der Waals surface area contributed by atoms with Crippen molar-refractivity contribution < 1.29 is 0 Å². The van der Waals surface area contributed by atoms with Gasteiger partial charge >= 0.3 is 0 Å². The molecule has 1 heterocycles. The Kier molecular flexibility index (Phi) is 3.37. The van der Waals surface area contributed by atoms with Crippen LogP contribution in [0.2, 0.25) is 0 Å². The number of aryl methyl sites for hydroxylation is 1. The van der Waals surface area contributed by atoms with Crippen molar-refractivity contribution in [3.63, 3.8) is 0 Å². The van der Waals surface area contributed by atoms with E-state index in [0.717, 1.165) is 24.5 Å². The molecule has 0 saturated heterocycles. The Hall–Kier alpha value is -1.61. The largest absolute Gasteiger partial charge is 0.342 e. The van der Waals surface area contributed by atoms with Crippen LogP contribution >= 0.6 is 0 Å². The maximum Gasteiger partial charge on any atom is 0.107 e. The zero-order chi connectivity index (χ0) is 11.4. The standard InChI is InChI=1S/C13H17N3/c1-10-3-5-11(6-4-10)12-9-15-13(16-12)7-8-14-2/h3-6,9,14H,7-8H2,1-2H3,(H,15,16). The molecule has 0 radical (unpaired) electrons. The molecule has 0 spiro atoms. The molecule has 0 amide bonds. The third-order valence-corrected chi connectivity index (χ3v) is 2.60. The van der Waals surface area contributed by atoms with Gasteiger partial charge in [-0.25, -0.2) is 4.98 Å². The van der Waals surface area contributed by atoms with Crippen molar-refractivity contribution >= 4 is 0 Å². The summed E-state index contributed by atoms with van der Waals surface area (Å²) in [4.78, 5) is 7.69. The van der Waals surface area contributed by atoms with Crippen molar-refractivity contribution in [3.8, 4) is 11.3 Å². The van der Waals surface area contributed by atoms with Gasteiger partial charge in [0.25, 0.3) is 0 Å². The Morgan fingerprint density at radius 3 is 2.69 bits per heavy atom. The Balaban J connectivity index is 2.15. The second kappa shape index (κ2) is 4.94. The van der Waals surface area contributed by atoms with Crippen LogP contribution in [0.5, 0.6) is 0 Å². The first-order chi connectivity index (χ1) is 7.79. The summed E-state index contributed by atoms with van der Waals surface area (Å²) >= 11 is 0. The predicted molar refractivity (Wildman–Crippen MR) is 66.4 cm³/mol. The molecule has 0 aliphatic heterocycles. The molecule has 0 fully saturated rings. The highest BCUT2D eigenvalue weighted by atomic mass is 14.9. The molecule has 3 nitrogen and oxygen atoms in total. The number of hydrogen-bond acceptors (Lipinski definition) is 2. The van der Waals surface area contributed by atoms with Gasteiger partial charge in [-0.2, -0.15) is 0 Å². The molecular weight excluding hydrogens is 198 g/mol. The number of imidazole rings is 1. The fourth-order valence-corrected chi connectivity index (χ4v) is 1.61. The number of H-pyrrole nitrogens is 1. The van der Waals surface area contributed by atoms with Crippen LogP contribution in [0.15, 0.2) is 30.5 Å². The lowest BCUT2D eigenvalue weighted by Crippen LogP contribution is -2.10. The fraction of sp³-hybridized carbons (Fsp3) is 0.308. The molecule has 2 aromatic rings. The molecule has 2 rings (SSSR count). The van der Waals surface area contributed by atoms with Gasteiger partial charge in [-0.1, -0.05) is 29.8 Å². The van der Waals surface area contributed by atoms with E-state index in [4.69, 9.17) is 0 Å². The molecule has 0 atom stereocenters. The van der Waals surface area contributed by atoms with Gasteiger partial charge < -0.3 is 10.3 Å². The van der Waals surface area contributed by atoms with Gasteiger partial charge in [0.15, 0.2) is 0 Å². The van der Waals surface area contributed by atoms with Crippen molar-refractivity contribution in [2.24, 2.45) is 0 Å². The predicted octanol–water partition coefficient (Wildman–Crippen LogP) is 2.15. The van der Waals surface area contributed by atoms with Crippen molar-refractivity contribution in [1.29, 1.82) is 0 Å². The van der Waals surface area contributed by atoms with Crippen LogP contribution in [0.4, 0.5) is 0 Å². The summed E-state index contributed by atoms with van der Waals surface area (Å²) < 4.78 is 0. The molecule has 0 aliphatic rings. The van der Waals surface area contributed by atoms with E-state index in [0.29, 0.717) is 0 Å². The highest BCUT2D eigenvalue weighted by Crippen LogP contribution is 2.17. The Bertz CT molecular complexity index is 442. The van der Waals surface area contributed by atoms with Crippen LogP contribution in [0, 0.1) is 6.92 Å². The molecule has 84 valence electrons. The van der Waals surface area contributed by atoms with Gasteiger partial charge in [0.2, 0.25) is 0 Å². The summed E-state index contributed by atoms with van der Waals surface area (Å²) in [5.41, 5.74) is 3.55. The number of rotatable bonds is 4. The second-order valence-electron chi connectivity index (χ2n) is 3.96. The lowest BCUT2D eigenvalue weighted by atomic mass is 10.1. The molecule has 0 saturated carbocycles. The van der Waals surface area contributed by atoms with E-state index in [2.05, 4.69) is 46.5 Å². The number of likely N-dealkylation sites (N-methyl/N-ethyl adjacent to an activating group) is 1. The average Bonchev–Trinajstić information content (AvgIpc) is 2.76. The van der Waals surface area contributed by atoms with Crippen LogP contribution in [0.1, 0.15) is 11.4 Å². The fourth-order valence-electron chi connectivity index (χ4n) is 1.61. The van der Waals surface area contributed by atoms with Crippen molar-refractivity contribution in [1.82, 2.24) is 15.3 Å². The van der Waals surface area contributed by atoms with E-state index in [1.54, 1.807) is 0 Å². The number of benzene rings is 1. The van der Waals surface area contributed by atoms with Gasteiger partial charge in [0.05, 0.1) is 11.9 Å². The molecule has 0 unspecified atom stereocenters. The van der Waals surface area contributed by atoms with E-state index in [9.17, 15) is 0 Å². The summed E-state index contributed by atoms with van der Waals surface area (Å²) in [5.74, 6) is 1.03. The monoisotopic (exact) mass is 215 g/mol. The minimum absolute atomic E-state index is 0.933. The van der Waals surface area contributed by atoms with Crippen LogP contribution in [0.3, 0.4) is 0 Å². The van der Waals surface area contributed by atoms with Gasteiger partial charge in [-0.15, -0.1) is 0 Å². The molecule has 0 aliphatic carbocycles. The van der Waals surface area contributed by atoms with E-state index in [1.807, 2.05) is 13.2 Å². The normalized spacial score (nSPS) is 10.6. The highest BCUT2D eigenvalue weighted by Gasteiger charge is 2.02. The van der Waals surface area contributed by atoms with Gasteiger partial charge in [0.1, 0.15) is 5.82 Å². The molecule has 0 bridgehead atoms. The molecule has 16 heavy (non-hydrogen) atoms. The van der Waals surface area contributed by atoms with E-state index in [1.165, 1.54) is 11.1 Å². The number of hydrogen-bond donors (Lipinski definition) is 2. The first kappa shape index (κ1) is 10.9. The highest BCUT2D eigenvalue weighted by molar-refractivity contribution is 5.58. The number of aromatic nitrogens is 2. The third kappa shape index (κ3) is 2.49. The first-order valence-electron chi connectivity index (χ1n) is 5.55. The number of nitrogens with one attached hydrogen (secondary N) is 2. The lowest BCUT2D eigenvalue weighted by Gasteiger charge is -1.98. The molecule has 1 aromatic carbocycles. The van der Waals surface area contributed by atoms with Crippen LogP contribution in [-0.2, 0) is 6.42 Å². The quantitative estimate of drug-likeness (QED) is 0.820. The van der Waals surface area contributed by atoms with Crippen molar-refractivity contribution in [2.45, 2.75) is 13.3 Å². The lowest BCUT2D eigenvalue weighted by molar-refractivity contribution is 0.764. The molecule has 1 aromatic heterocycles. The summed E-state index contributed by atoms with van der Waals surface area (Å²) in [6.45, 7) is 3.04. The summed E-state index contributed by atoms with van der Waals surface area (Å²) in [6.07, 6.45) is 2.83. The van der Waals surface area contributed by atoms with Crippen LogP contribution in [0.25, 0.3) is 11.3 Å². The first-order valence-corrected chi connectivity index (χ1v) is 5.55. The minimum atomic E-state index is 0.933. The van der Waals surface area contributed by atoms with Gasteiger partial charge in [-0.3, -0.25) is 0 Å². The Labute approximate surface area is 95.9 Å². The summed E-state index contributed by atoms with van der Waals surface area (Å²) in [6, 6.07) is 8.46. The molecule has 3 heteroatoms. The minimum Gasteiger partial charge on any atom is -0.342 e. The Morgan fingerprint density at radius 1 is 1.25 bits per heavy atom. The summed E-state index contributed by atoms with van der Waals surface area (Å²) in [5, 5.41) is 3.11. The SMILES string of the molecule is CNCCc1ncc(-c2ccc(C)cc2)[nH]1. The third-order valence-electron chi connectivity index (χ3n) is 2.60. The number of aromatic amines is 1. The second-order valence-corrected chi connectivity index (χ2v) is 3.96. The van der Waals surface area contributed by atoms with Gasteiger partial charge in [0, 0.05) is 13.0 Å². The zero-order valence-corrected chi connectivity index (χ0v) is 9.75. The molecule has 2 N–H and O–H groups in total. The smallest absolute Gasteiger partial charge is 0.107 e. The maximum atomic E-state index is 4.36. The zero-order valence-electron chi connectivity index (χ0n) is 9.75. The molecular formula is C13H17N3. The van der Waals surface area contributed by atoms with Crippen molar-refractivity contribution in [3.05, 3.63) is 41.9 Å². The number of nitrogens with zero attached hydrogens (tertiary/aromatic N) is 1. The summed E-state index contributed by atoms with van der Waals surface area (Å²) in [7, 11) is 1.95. The van der Waals surface area contributed by atoms with Crippen LogP contribution in [-0.4, -0.2) is 23.6 Å². The van der Waals surface area contributed by atoms with Gasteiger partial charge in [-0.05, 0) is 19.5 Å². The maximum absolute atomic E-state index is 4.36. The van der Waals surface area contributed by atoms with Crippen molar-refractivity contribution in [2.75, 3.05) is 13.6 Å². The van der Waals surface area contributed by atoms with Crippen LogP contribution < -0.4 is 5.32 Å². The van der Waals surface area contributed by atoms with E-state index < -0.39 is 0 Å².